The number of carbonyl (C=O) groups excluding carboxylic acids is 1. The van der Waals surface area contributed by atoms with Crippen molar-refractivity contribution >= 4 is 33.0 Å². The van der Waals surface area contributed by atoms with E-state index in [1.807, 2.05) is 0 Å². The van der Waals surface area contributed by atoms with E-state index in [9.17, 15) is 23.3 Å². The van der Waals surface area contributed by atoms with E-state index in [-0.39, 0.29) is 17.0 Å². The molecule has 8 nitrogen and oxygen atoms in total. The molecule has 1 N–H and O–H groups in total. The maximum Gasteiger partial charge on any atom is 0.274 e. The SMILES string of the molecule is Cc1ccc(NC(=O)c2cccc(N3CCCS3(=O)=O)c2)cc1[N+](=O)[O-]. The summed E-state index contributed by atoms with van der Waals surface area (Å²) in [5.41, 5.74) is 1.42. The minimum Gasteiger partial charge on any atom is -0.322 e. The van der Waals surface area contributed by atoms with Gasteiger partial charge in [0.05, 0.1) is 16.4 Å². The van der Waals surface area contributed by atoms with Gasteiger partial charge in [0.2, 0.25) is 10.0 Å². The maximum absolute atomic E-state index is 12.5. The zero-order valence-electron chi connectivity index (χ0n) is 14.0. The molecule has 0 aliphatic carbocycles. The Morgan fingerprint density at radius 1 is 1.23 bits per heavy atom. The lowest BCUT2D eigenvalue weighted by molar-refractivity contribution is -0.385. The van der Waals surface area contributed by atoms with Crippen LogP contribution in [0.4, 0.5) is 17.1 Å². The highest BCUT2D eigenvalue weighted by molar-refractivity contribution is 7.93. The van der Waals surface area contributed by atoms with Crippen molar-refractivity contribution in [2.24, 2.45) is 0 Å². The fourth-order valence-corrected chi connectivity index (χ4v) is 4.38. The molecule has 1 aliphatic rings. The van der Waals surface area contributed by atoms with Crippen LogP contribution in [0.5, 0.6) is 0 Å². The molecule has 0 bridgehead atoms. The number of hydrogen-bond donors (Lipinski definition) is 1. The van der Waals surface area contributed by atoms with E-state index in [2.05, 4.69) is 5.32 Å². The fraction of sp³-hybridized carbons (Fsp3) is 0.235. The number of hydrogen-bond acceptors (Lipinski definition) is 5. The van der Waals surface area contributed by atoms with Crippen molar-refractivity contribution in [1.29, 1.82) is 0 Å². The first-order valence-corrected chi connectivity index (χ1v) is 9.56. The number of sulfonamides is 1. The van der Waals surface area contributed by atoms with Gasteiger partial charge in [-0.1, -0.05) is 12.1 Å². The van der Waals surface area contributed by atoms with Crippen molar-refractivity contribution in [2.75, 3.05) is 21.9 Å². The Morgan fingerprint density at radius 3 is 2.65 bits per heavy atom. The van der Waals surface area contributed by atoms with Gasteiger partial charge in [0.1, 0.15) is 0 Å². The van der Waals surface area contributed by atoms with E-state index < -0.39 is 20.9 Å². The van der Waals surface area contributed by atoms with Crippen LogP contribution in [0.15, 0.2) is 42.5 Å². The van der Waals surface area contributed by atoms with Gasteiger partial charge in [-0.25, -0.2) is 8.42 Å². The summed E-state index contributed by atoms with van der Waals surface area (Å²) in [6, 6.07) is 10.7. The Labute approximate surface area is 150 Å². The molecular weight excluding hydrogens is 358 g/mol. The molecule has 2 aromatic rings. The predicted octanol–water partition coefficient (Wildman–Crippen LogP) is 2.70. The van der Waals surface area contributed by atoms with Gasteiger partial charge in [-0.2, -0.15) is 0 Å². The molecule has 0 saturated carbocycles. The zero-order chi connectivity index (χ0) is 18.9. The van der Waals surface area contributed by atoms with Crippen LogP contribution >= 0.6 is 0 Å². The number of amides is 1. The van der Waals surface area contributed by atoms with E-state index in [0.717, 1.165) is 0 Å². The Balaban J connectivity index is 1.84. The third kappa shape index (κ3) is 3.52. The number of nitrogens with zero attached hydrogens (tertiary/aromatic N) is 2. The monoisotopic (exact) mass is 375 g/mol. The quantitative estimate of drug-likeness (QED) is 0.653. The maximum atomic E-state index is 12.5. The number of nitro groups is 1. The minimum absolute atomic E-state index is 0.0836. The summed E-state index contributed by atoms with van der Waals surface area (Å²) in [6.45, 7) is 2.00. The van der Waals surface area contributed by atoms with Crippen LogP contribution in [0.1, 0.15) is 22.3 Å². The van der Waals surface area contributed by atoms with E-state index in [1.165, 1.54) is 16.4 Å². The van der Waals surface area contributed by atoms with Gasteiger partial charge in [0.25, 0.3) is 11.6 Å². The summed E-state index contributed by atoms with van der Waals surface area (Å²) in [6.07, 6.45) is 0.547. The molecule has 1 fully saturated rings. The number of nitrogens with one attached hydrogen (secondary N) is 1. The molecule has 136 valence electrons. The lowest BCUT2D eigenvalue weighted by atomic mass is 10.1. The Morgan fingerprint density at radius 2 is 2.00 bits per heavy atom. The first kappa shape index (κ1) is 17.9. The van der Waals surface area contributed by atoms with Crippen molar-refractivity contribution < 1.29 is 18.1 Å². The van der Waals surface area contributed by atoms with Gasteiger partial charge in [-0.05, 0) is 37.6 Å². The molecule has 0 radical (unpaired) electrons. The number of rotatable bonds is 4. The van der Waals surface area contributed by atoms with Gasteiger partial charge in [-0.3, -0.25) is 19.2 Å². The minimum atomic E-state index is -3.33. The molecule has 1 aliphatic heterocycles. The lowest BCUT2D eigenvalue weighted by Gasteiger charge is -2.17. The highest BCUT2D eigenvalue weighted by Crippen LogP contribution is 2.26. The predicted molar refractivity (Wildman–Crippen MR) is 98.0 cm³/mol. The number of carbonyl (C=O) groups is 1. The van der Waals surface area contributed by atoms with Crippen molar-refractivity contribution in [1.82, 2.24) is 0 Å². The Bertz CT molecular complexity index is 988. The van der Waals surface area contributed by atoms with Gasteiger partial charge in [0.15, 0.2) is 0 Å². The van der Waals surface area contributed by atoms with Gasteiger partial charge in [-0.15, -0.1) is 0 Å². The number of anilines is 2. The fourth-order valence-electron chi connectivity index (χ4n) is 2.82. The van der Waals surface area contributed by atoms with E-state index in [4.69, 9.17) is 0 Å². The normalized spacial score (nSPS) is 15.7. The van der Waals surface area contributed by atoms with Crippen molar-refractivity contribution in [3.05, 3.63) is 63.7 Å². The standard InChI is InChI=1S/C17H17N3O5S/c1-12-6-7-14(11-16(12)20(22)23)18-17(21)13-4-2-5-15(10-13)19-8-3-9-26(19,24)25/h2,4-7,10-11H,3,8-9H2,1H3,(H,18,21). The molecular formula is C17H17N3O5S. The van der Waals surface area contributed by atoms with Crippen LogP contribution in [0.3, 0.4) is 0 Å². The number of nitro benzene ring substituents is 1. The van der Waals surface area contributed by atoms with E-state index >= 15 is 0 Å². The molecule has 0 aromatic heterocycles. The average Bonchev–Trinajstić information content (AvgIpc) is 2.95. The molecule has 1 saturated heterocycles. The molecule has 0 atom stereocenters. The summed E-state index contributed by atoms with van der Waals surface area (Å²) >= 11 is 0. The largest absolute Gasteiger partial charge is 0.322 e. The van der Waals surface area contributed by atoms with Crippen molar-refractivity contribution in [3.63, 3.8) is 0 Å². The molecule has 0 unspecified atom stereocenters. The van der Waals surface area contributed by atoms with Crippen molar-refractivity contribution in [3.8, 4) is 0 Å². The molecule has 1 heterocycles. The topological polar surface area (TPSA) is 110 Å². The second-order valence-corrected chi connectivity index (χ2v) is 8.02. The van der Waals surface area contributed by atoms with Crippen LogP contribution in [-0.2, 0) is 10.0 Å². The third-order valence-electron chi connectivity index (χ3n) is 4.16. The zero-order valence-corrected chi connectivity index (χ0v) is 14.8. The molecule has 2 aromatic carbocycles. The van der Waals surface area contributed by atoms with Gasteiger partial charge in [0, 0.05) is 29.4 Å². The highest BCUT2D eigenvalue weighted by atomic mass is 32.2. The first-order valence-electron chi connectivity index (χ1n) is 7.95. The third-order valence-corrected chi connectivity index (χ3v) is 6.03. The summed E-state index contributed by atoms with van der Waals surface area (Å²) < 4.78 is 25.4. The second kappa shape index (κ2) is 6.75. The van der Waals surface area contributed by atoms with E-state index in [0.29, 0.717) is 29.9 Å². The number of benzene rings is 2. The van der Waals surface area contributed by atoms with Gasteiger partial charge < -0.3 is 5.32 Å². The molecule has 0 spiro atoms. The van der Waals surface area contributed by atoms with Crippen molar-refractivity contribution in [2.45, 2.75) is 13.3 Å². The Kier molecular flexibility index (Phi) is 4.64. The van der Waals surface area contributed by atoms with Crippen LogP contribution in [0, 0.1) is 17.0 Å². The molecule has 26 heavy (non-hydrogen) atoms. The smallest absolute Gasteiger partial charge is 0.274 e. The summed E-state index contributed by atoms with van der Waals surface area (Å²) in [7, 11) is -3.33. The summed E-state index contributed by atoms with van der Waals surface area (Å²) in [5, 5.41) is 13.6. The van der Waals surface area contributed by atoms with Crippen LogP contribution in [0.25, 0.3) is 0 Å². The molecule has 9 heteroatoms. The first-order chi connectivity index (χ1) is 12.3. The molecule has 3 rings (SSSR count). The lowest BCUT2D eigenvalue weighted by Crippen LogP contribution is -2.25. The summed E-state index contributed by atoms with van der Waals surface area (Å²) in [4.78, 5) is 23.0. The van der Waals surface area contributed by atoms with Crippen LogP contribution < -0.4 is 9.62 Å². The Hall–Kier alpha value is -2.94. The summed E-state index contributed by atoms with van der Waals surface area (Å²) in [5.74, 6) is -0.377. The molecule has 1 amide bonds. The van der Waals surface area contributed by atoms with E-state index in [1.54, 1.807) is 37.3 Å². The average molecular weight is 375 g/mol. The van der Waals surface area contributed by atoms with Crippen LogP contribution in [-0.4, -0.2) is 31.5 Å². The number of aryl methyl sites for hydroxylation is 1. The highest BCUT2D eigenvalue weighted by Gasteiger charge is 2.28. The van der Waals surface area contributed by atoms with Crippen LogP contribution in [0.2, 0.25) is 0 Å². The second-order valence-electron chi connectivity index (χ2n) is 6.00. The van der Waals surface area contributed by atoms with Gasteiger partial charge >= 0.3 is 0 Å².